The summed E-state index contributed by atoms with van der Waals surface area (Å²) >= 11 is 0. The molecule has 0 aliphatic heterocycles. The van der Waals surface area contributed by atoms with Gasteiger partial charge < -0.3 is 10.4 Å². The fraction of sp³-hybridized carbons (Fsp3) is 0.267. The van der Waals surface area contributed by atoms with Gasteiger partial charge in [0.2, 0.25) is 0 Å². The molecule has 1 aliphatic rings. The highest BCUT2D eigenvalue weighted by Gasteiger charge is 2.31. The molecule has 0 radical (unpaired) electrons. The van der Waals surface area contributed by atoms with Gasteiger partial charge >= 0.3 is 0 Å². The van der Waals surface area contributed by atoms with Crippen molar-refractivity contribution in [1.82, 2.24) is 10.2 Å². The minimum absolute atomic E-state index is 0.0532. The average molecular weight is 528 g/mol. The van der Waals surface area contributed by atoms with Gasteiger partial charge in [-0.1, -0.05) is 72.4 Å². The molecule has 0 unspecified atom stereocenters. The normalized spacial score (nSPS) is 14.1. The van der Waals surface area contributed by atoms with Crippen molar-refractivity contribution < 1.29 is 19.1 Å². The third-order valence-corrected chi connectivity index (χ3v) is 6.76. The molecule has 1 fully saturated rings. The first kappa shape index (κ1) is 27.4. The number of halogens is 1. The summed E-state index contributed by atoms with van der Waals surface area (Å²) in [5, 5.41) is 18.1. The first-order chi connectivity index (χ1) is 18.9. The molecule has 39 heavy (non-hydrogen) atoms. The Morgan fingerprint density at radius 2 is 1.69 bits per heavy atom. The van der Waals surface area contributed by atoms with Gasteiger partial charge in [0, 0.05) is 22.1 Å². The van der Waals surface area contributed by atoms with Gasteiger partial charge in [-0.05, 0) is 61.2 Å². The maximum Gasteiger partial charge on any atom is 0.272 e. The zero-order chi connectivity index (χ0) is 27.8. The van der Waals surface area contributed by atoms with E-state index in [2.05, 4.69) is 15.3 Å². The second-order valence-electron chi connectivity index (χ2n) is 9.60. The van der Waals surface area contributed by atoms with E-state index in [4.69, 9.17) is 5.53 Å². The van der Waals surface area contributed by atoms with Crippen molar-refractivity contribution in [3.05, 3.63) is 117 Å². The van der Waals surface area contributed by atoms with E-state index in [1.807, 2.05) is 31.2 Å². The largest absolute Gasteiger partial charge is 0.505 e. The number of nitrogens with zero attached hydrogens (tertiary/aromatic N) is 4. The van der Waals surface area contributed by atoms with Crippen LogP contribution in [0.3, 0.4) is 0 Å². The molecule has 9 heteroatoms. The molecule has 2 N–H and O–H groups in total. The van der Waals surface area contributed by atoms with Crippen LogP contribution in [0.1, 0.15) is 59.2 Å². The lowest BCUT2D eigenvalue weighted by Crippen LogP contribution is -2.43. The molecule has 200 valence electrons. The van der Waals surface area contributed by atoms with Crippen LogP contribution in [0.15, 0.2) is 83.6 Å². The topological polar surface area (TPSA) is 118 Å². The van der Waals surface area contributed by atoms with E-state index in [-0.39, 0.29) is 35.1 Å². The van der Waals surface area contributed by atoms with Gasteiger partial charge in [-0.25, -0.2) is 4.39 Å². The number of rotatable bonds is 8. The highest BCUT2D eigenvalue weighted by Crippen LogP contribution is 2.28. The third kappa shape index (κ3) is 6.83. The summed E-state index contributed by atoms with van der Waals surface area (Å²) in [7, 11) is 0. The van der Waals surface area contributed by atoms with Gasteiger partial charge in [0.05, 0.1) is 12.2 Å². The van der Waals surface area contributed by atoms with Crippen molar-refractivity contribution in [2.24, 2.45) is 5.11 Å². The van der Waals surface area contributed by atoms with Crippen molar-refractivity contribution in [1.29, 1.82) is 0 Å². The summed E-state index contributed by atoms with van der Waals surface area (Å²) < 4.78 is 13.7. The number of benzene rings is 3. The van der Waals surface area contributed by atoms with E-state index in [1.165, 1.54) is 41.3 Å². The Morgan fingerprint density at radius 1 is 1.03 bits per heavy atom. The van der Waals surface area contributed by atoms with Crippen LogP contribution in [-0.4, -0.2) is 27.9 Å². The maximum atomic E-state index is 14.1. The average Bonchev–Trinajstić information content (AvgIpc) is 2.95. The minimum atomic E-state index is -0.638. The summed E-state index contributed by atoms with van der Waals surface area (Å²) in [5.74, 6) is -2.23. The number of nitrogens with one attached hydrogen (secondary N) is 1. The van der Waals surface area contributed by atoms with Gasteiger partial charge in [0.15, 0.2) is 11.5 Å². The lowest BCUT2D eigenvalue weighted by atomic mass is 9.95. The quantitative estimate of drug-likeness (QED) is 0.107. The summed E-state index contributed by atoms with van der Waals surface area (Å²) in [4.78, 5) is 32.0. The fourth-order valence-corrected chi connectivity index (χ4v) is 4.67. The lowest BCUT2D eigenvalue weighted by Gasteiger charge is -2.29. The first-order valence-corrected chi connectivity index (χ1v) is 12.9. The van der Waals surface area contributed by atoms with Crippen LogP contribution in [0.4, 0.5) is 10.1 Å². The summed E-state index contributed by atoms with van der Waals surface area (Å²) in [6.45, 7) is 1.88. The van der Waals surface area contributed by atoms with Crippen LogP contribution in [-0.2, 0) is 11.3 Å². The van der Waals surface area contributed by atoms with E-state index in [0.717, 1.165) is 37.7 Å². The Hall–Kier alpha value is -4.62. The molecule has 2 amide bonds. The lowest BCUT2D eigenvalue weighted by molar-refractivity contribution is -0.119. The van der Waals surface area contributed by atoms with Crippen molar-refractivity contribution in [2.45, 2.75) is 51.6 Å². The molecule has 1 saturated carbocycles. The number of amides is 2. The molecule has 3 aromatic rings. The Kier molecular flexibility index (Phi) is 8.97. The molecular weight excluding hydrogens is 497 g/mol. The SMILES string of the molecule is Cc1ccc(CN(C(=O)c2ccccc2N=[N+]=[N-])/C(C(=O)NC2CCCCC2)=C(/O)c2ccc(F)cc2)cc1. The summed E-state index contributed by atoms with van der Waals surface area (Å²) in [6, 6.07) is 18.6. The van der Waals surface area contributed by atoms with Crippen LogP contribution in [0.2, 0.25) is 0 Å². The zero-order valence-corrected chi connectivity index (χ0v) is 21.7. The fourth-order valence-electron chi connectivity index (χ4n) is 4.67. The number of hydrogen-bond donors (Lipinski definition) is 2. The molecule has 0 bridgehead atoms. The molecule has 4 rings (SSSR count). The van der Waals surface area contributed by atoms with Crippen LogP contribution in [0.5, 0.6) is 0 Å². The number of azide groups is 1. The van der Waals surface area contributed by atoms with Gasteiger partial charge in [-0.15, -0.1) is 0 Å². The van der Waals surface area contributed by atoms with Gasteiger partial charge in [-0.2, -0.15) is 0 Å². The number of hydrogen-bond acceptors (Lipinski definition) is 4. The molecule has 0 aromatic heterocycles. The molecule has 0 saturated heterocycles. The van der Waals surface area contributed by atoms with Gasteiger partial charge in [0.1, 0.15) is 5.82 Å². The minimum Gasteiger partial charge on any atom is -0.505 e. The number of aliphatic hydroxyl groups excluding tert-OH is 1. The summed E-state index contributed by atoms with van der Waals surface area (Å²) in [6.07, 6.45) is 4.62. The molecule has 0 spiro atoms. The predicted octanol–water partition coefficient (Wildman–Crippen LogP) is 7.09. The van der Waals surface area contributed by atoms with Crippen LogP contribution in [0.25, 0.3) is 16.2 Å². The van der Waals surface area contributed by atoms with E-state index < -0.39 is 23.4 Å². The van der Waals surface area contributed by atoms with Crippen molar-refractivity contribution in [2.75, 3.05) is 0 Å². The van der Waals surface area contributed by atoms with Crippen LogP contribution < -0.4 is 5.32 Å². The van der Waals surface area contributed by atoms with Crippen molar-refractivity contribution in [3.63, 3.8) is 0 Å². The Balaban J connectivity index is 1.87. The van der Waals surface area contributed by atoms with Gasteiger partial charge in [0.25, 0.3) is 11.8 Å². The molecular formula is C30H30FN5O3. The van der Waals surface area contributed by atoms with E-state index in [9.17, 15) is 19.1 Å². The Morgan fingerprint density at radius 3 is 2.36 bits per heavy atom. The third-order valence-electron chi connectivity index (χ3n) is 6.76. The Labute approximate surface area is 226 Å². The van der Waals surface area contributed by atoms with E-state index >= 15 is 0 Å². The van der Waals surface area contributed by atoms with Crippen LogP contribution >= 0.6 is 0 Å². The molecule has 1 aliphatic carbocycles. The first-order valence-electron chi connectivity index (χ1n) is 12.9. The smallest absolute Gasteiger partial charge is 0.272 e. The van der Waals surface area contributed by atoms with Crippen LogP contribution in [0, 0.1) is 12.7 Å². The monoisotopic (exact) mass is 527 g/mol. The molecule has 0 atom stereocenters. The van der Waals surface area contributed by atoms with E-state index in [1.54, 1.807) is 12.1 Å². The maximum absolute atomic E-state index is 14.1. The number of carbonyl (C=O) groups is 2. The second-order valence-corrected chi connectivity index (χ2v) is 9.60. The highest BCUT2D eigenvalue weighted by molar-refractivity contribution is 6.08. The molecule has 8 nitrogen and oxygen atoms in total. The van der Waals surface area contributed by atoms with Crippen molar-refractivity contribution in [3.8, 4) is 0 Å². The molecule has 3 aromatic carbocycles. The second kappa shape index (κ2) is 12.8. The number of carbonyl (C=O) groups excluding carboxylic acids is 2. The predicted molar refractivity (Wildman–Crippen MR) is 147 cm³/mol. The molecule has 0 heterocycles. The number of aliphatic hydroxyl groups is 1. The standard InChI is InChI=1S/C30H30FN5O3/c1-20-11-13-21(14-12-20)19-36(30(39)25-9-5-6-10-26(25)34-35-32)27(28(37)22-15-17-23(31)18-16-22)29(38)33-24-7-3-2-4-8-24/h5-6,9-18,24,37H,2-4,7-8,19H2,1H3,(H,33,38)/b28-27+. The number of aryl methyl sites for hydroxylation is 1. The van der Waals surface area contributed by atoms with E-state index in [0.29, 0.717) is 5.56 Å². The summed E-state index contributed by atoms with van der Waals surface area (Å²) in [5.41, 5.74) is 10.8. The highest BCUT2D eigenvalue weighted by atomic mass is 19.1. The van der Waals surface area contributed by atoms with Gasteiger partial charge in [-0.3, -0.25) is 14.5 Å². The zero-order valence-electron chi connectivity index (χ0n) is 21.7. The van der Waals surface area contributed by atoms with Crippen molar-refractivity contribution >= 4 is 23.3 Å². The Bertz CT molecular complexity index is 1410.